The Balaban J connectivity index is 1.56. The average molecular weight is 421 g/mol. The zero-order chi connectivity index (χ0) is 20.9. The van der Waals surface area contributed by atoms with Gasteiger partial charge in [-0.05, 0) is 78.4 Å². The molecule has 30 heavy (non-hydrogen) atoms. The van der Waals surface area contributed by atoms with Gasteiger partial charge in [-0.1, -0.05) is 31.5 Å². The van der Waals surface area contributed by atoms with Gasteiger partial charge < -0.3 is 9.47 Å². The van der Waals surface area contributed by atoms with Crippen molar-refractivity contribution < 1.29 is 13.9 Å². The molecule has 3 aromatic carbocycles. The van der Waals surface area contributed by atoms with Gasteiger partial charge in [-0.2, -0.15) is 0 Å². The molecule has 1 aromatic heterocycles. The Hall–Kier alpha value is -2.85. The molecular weight excluding hydrogens is 395 g/mol. The highest BCUT2D eigenvalue weighted by Crippen LogP contribution is 2.37. The predicted molar refractivity (Wildman–Crippen MR) is 124 cm³/mol. The lowest BCUT2D eigenvalue weighted by Crippen LogP contribution is -1.95. The van der Waals surface area contributed by atoms with Crippen molar-refractivity contribution in [1.82, 2.24) is 0 Å². The molecule has 0 unspecified atom stereocenters. The number of fused-ring (bicyclic) bond motifs is 1. The third kappa shape index (κ3) is 4.49. The summed E-state index contributed by atoms with van der Waals surface area (Å²) in [5, 5.41) is 1.10. The summed E-state index contributed by atoms with van der Waals surface area (Å²) in [6.45, 7) is 5.46. The van der Waals surface area contributed by atoms with Crippen LogP contribution in [0.2, 0.25) is 0 Å². The fourth-order valence-corrected chi connectivity index (χ4v) is 4.49. The van der Waals surface area contributed by atoms with Gasteiger partial charge in [-0.15, -0.1) is 11.3 Å². The highest BCUT2D eigenvalue weighted by atomic mass is 32.1. The first-order valence-corrected chi connectivity index (χ1v) is 11.2. The molecule has 0 amide bonds. The first kappa shape index (κ1) is 20.4. The Bertz CT molecular complexity index is 1130. The van der Waals surface area contributed by atoms with Crippen LogP contribution in [0, 0.1) is 5.82 Å². The Kier molecular flexibility index (Phi) is 6.34. The van der Waals surface area contributed by atoms with Crippen LogP contribution in [0.3, 0.4) is 0 Å². The van der Waals surface area contributed by atoms with Gasteiger partial charge in [0.25, 0.3) is 0 Å². The standard InChI is InChI=1S/C26H25FO2S/c1-3-5-14-29-21-10-6-18(7-11-21)19-9-13-23(24(27)15-19)26-16-20-8-12-22(28-4-2)17-25(20)30-26/h6-13,15-17H,3-5,14H2,1-2H3. The minimum absolute atomic E-state index is 0.215. The van der Waals surface area contributed by atoms with E-state index in [2.05, 4.69) is 6.92 Å². The number of halogens is 1. The number of rotatable bonds is 8. The molecule has 0 N–H and O–H groups in total. The molecule has 2 nitrogen and oxygen atoms in total. The van der Waals surface area contributed by atoms with Crippen LogP contribution < -0.4 is 9.47 Å². The largest absolute Gasteiger partial charge is 0.494 e. The van der Waals surface area contributed by atoms with Crippen LogP contribution >= 0.6 is 11.3 Å². The van der Waals surface area contributed by atoms with Crippen LogP contribution in [-0.2, 0) is 0 Å². The van der Waals surface area contributed by atoms with Gasteiger partial charge in [0.15, 0.2) is 0 Å². The van der Waals surface area contributed by atoms with E-state index in [1.54, 1.807) is 17.4 Å². The van der Waals surface area contributed by atoms with Gasteiger partial charge in [0.05, 0.1) is 13.2 Å². The first-order chi connectivity index (χ1) is 14.7. The molecule has 0 bridgehead atoms. The van der Waals surface area contributed by atoms with E-state index >= 15 is 0 Å². The molecule has 0 fully saturated rings. The van der Waals surface area contributed by atoms with Crippen molar-refractivity contribution in [2.75, 3.05) is 13.2 Å². The SMILES string of the molecule is CCCCOc1ccc(-c2ccc(-c3cc4ccc(OCC)cc4s3)c(F)c2)cc1. The predicted octanol–water partition coefficient (Wildman–Crippen LogP) is 7.95. The van der Waals surface area contributed by atoms with Crippen LogP contribution in [-0.4, -0.2) is 13.2 Å². The molecular formula is C26H25FO2S. The van der Waals surface area contributed by atoms with Gasteiger partial charge >= 0.3 is 0 Å². The molecule has 1 heterocycles. The summed E-state index contributed by atoms with van der Waals surface area (Å²) in [6, 6.07) is 21.3. The van der Waals surface area contributed by atoms with Crippen LogP contribution in [0.4, 0.5) is 4.39 Å². The number of hydrogen-bond donors (Lipinski definition) is 0. The van der Waals surface area contributed by atoms with Gasteiger partial charge in [0.2, 0.25) is 0 Å². The molecule has 0 radical (unpaired) electrons. The summed E-state index contributed by atoms with van der Waals surface area (Å²) >= 11 is 1.58. The van der Waals surface area contributed by atoms with Crippen molar-refractivity contribution in [2.45, 2.75) is 26.7 Å². The Morgan fingerprint density at radius 1 is 0.800 bits per heavy atom. The summed E-state index contributed by atoms with van der Waals surface area (Å²) in [4.78, 5) is 0.919. The van der Waals surface area contributed by atoms with Crippen molar-refractivity contribution in [3.63, 3.8) is 0 Å². The highest BCUT2D eigenvalue weighted by molar-refractivity contribution is 7.22. The molecule has 4 rings (SSSR count). The molecule has 154 valence electrons. The van der Waals surface area contributed by atoms with Crippen molar-refractivity contribution in [3.05, 3.63) is 72.5 Å². The summed E-state index contributed by atoms with van der Waals surface area (Å²) in [6.07, 6.45) is 2.15. The molecule has 0 saturated heterocycles. The van der Waals surface area contributed by atoms with Crippen LogP contribution in [0.1, 0.15) is 26.7 Å². The van der Waals surface area contributed by atoms with Crippen molar-refractivity contribution >= 4 is 21.4 Å². The second kappa shape index (κ2) is 9.31. The second-order valence-corrected chi connectivity index (χ2v) is 8.25. The van der Waals surface area contributed by atoms with E-state index < -0.39 is 0 Å². The molecule has 0 saturated carbocycles. The van der Waals surface area contributed by atoms with Crippen LogP contribution in [0.15, 0.2) is 66.7 Å². The minimum Gasteiger partial charge on any atom is -0.494 e. The monoisotopic (exact) mass is 420 g/mol. The summed E-state index contributed by atoms with van der Waals surface area (Å²) in [5.74, 6) is 1.48. The number of ether oxygens (including phenoxy) is 2. The van der Waals surface area contributed by atoms with E-state index in [9.17, 15) is 4.39 Å². The second-order valence-electron chi connectivity index (χ2n) is 7.16. The van der Waals surface area contributed by atoms with Crippen molar-refractivity contribution in [3.8, 4) is 33.1 Å². The lowest BCUT2D eigenvalue weighted by atomic mass is 10.0. The van der Waals surface area contributed by atoms with Gasteiger partial charge in [-0.3, -0.25) is 0 Å². The zero-order valence-corrected chi connectivity index (χ0v) is 18.1. The number of hydrogen-bond acceptors (Lipinski definition) is 3. The summed E-state index contributed by atoms with van der Waals surface area (Å²) in [5.41, 5.74) is 2.45. The lowest BCUT2D eigenvalue weighted by molar-refractivity contribution is 0.309. The third-order valence-electron chi connectivity index (χ3n) is 4.99. The lowest BCUT2D eigenvalue weighted by Gasteiger charge is -2.08. The molecule has 0 spiro atoms. The molecule has 0 aliphatic carbocycles. The minimum atomic E-state index is -0.215. The van der Waals surface area contributed by atoms with E-state index in [0.717, 1.165) is 57.0 Å². The molecule has 4 heteroatoms. The van der Waals surface area contributed by atoms with Gasteiger partial charge in [0, 0.05) is 15.1 Å². The first-order valence-electron chi connectivity index (χ1n) is 10.4. The maximum atomic E-state index is 15.0. The normalized spacial score (nSPS) is 11.0. The Labute approximate surface area is 180 Å². The number of unbranched alkanes of at least 4 members (excludes halogenated alkanes) is 1. The fraction of sp³-hybridized carbons (Fsp3) is 0.231. The maximum absolute atomic E-state index is 15.0. The zero-order valence-electron chi connectivity index (χ0n) is 17.3. The fourth-order valence-electron chi connectivity index (χ4n) is 3.37. The molecule has 4 aromatic rings. The van der Waals surface area contributed by atoms with Gasteiger partial charge in [-0.25, -0.2) is 4.39 Å². The number of benzene rings is 3. The molecule has 0 aliphatic rings. The van der Waals surface area contributed by atoms with E-state index in [-0.39, 0.29) is 5.82 Å². The molecule has 0 atom stereocenters. The Morgan fingerprint density at radius 2 is 1.57 bits per heavy atom. The van der Waals surface area contributed by atoms with Gasteiger partial charge in [0.1, 0.15) is 17.3 Å². The van der Waals surface area contributed by atoms with Crippen LogP contribution in [0.25, 0.3) is 31.7 Å². The van der Waals surface area contributed by atoms with Crippen molar-refractivity contribution in [1.29, 1.82) is 0 Å². The quantitative estimate of drug-likeness (QED) is 0.269. The van der Waals surface area contributed by atoms with Crippen molar-refractivity contribution in [2.24, 2.45) is 0 Å². The molecule has 0 aliphatic heterocycles. The topological polar surface area (TPSA) is 18.5 Å². The third-order valence-corrected chi connectivity index (χ3v) is 6.12. The highest BCUT2D eigenvalue weighted by Gasteiger charge is 2.11. The maximum Gasteiger partial charge on any atom is 0.132 e. The van der Waals surface area contributed by atoms with E-state index in [0.29, 0.717) is 12.2 Å². The number of thiophene rings is 1. The summed E-state index contributed by atoms with van der Waals surface area (Å²) < 4.78 is 27.4. The summed E-state index contributed by atoms with van der Waals surface area (Å²) in [7, 11) is 0. The van der Waals surface area contributed by atoms with E-state index in [4.69, 9.17) is 9.47 Å². The van der Waals surface area contributed by atoms with E-state index in [1.807, 2.05) is 67.6 Å². The van der Waals surface area contributed by atoms with Crippen LogP contribution in [0.5, 0.6) is 11.5 Å². The smallest absolute Gasteiger partial charge is 0.132 e. The Morgan fingerprint density at radius 3 is 2.30 bits per heavy atom. The van der Waals surface area contributed by atoms with E-state index in [1.165, 1.54) is 0 Å². The average Bonchev–Trinajstić information content (AvgIpc) is 3.18.